The highest BCUT2D eigenvalue weighted by molar-refractivity contribution is 9.10. The van der Waals surface area contributed by atoms with Crippen LogP contribution in [0.15, 0.2) is 28.9 Å². The molecule has 0 aliphatic rings. The Hall–Kier alpha value is -0.910. The molecule has 2 rings (SSSR count). The van der Waals surface area contributed by atoms with Gasteiger partial charge in [-0.1, -0.05) is 30.7 Å². The maximum Gasteiger partial charge on any atom is 0.146 e. The molecular weight excluding hydrogens is 357 g/mol. The summed E-state index contributed by atoms with van der Waals surface area (Å²) in [6.45, 7) is 5.57. The van der Waals surface area contributed by atoms with E-state index in [4.69, 9.17) is 11.6 Å². The average Bonchev–Trinajstić information content (AvgIpc) is 2.85. The van der Waals surface area contributed by atoms with Crippen LogP contribution in [0, 0.1) is 5.82 Å². The third-order valence-corrected chi connectivity index (χ3v) is 4.20. The van der Waals surface area contributed by atoms with E-state index in [2.05, 4.69) is 33.3 Å². The van der Waals surface area contributed by atoms with Crippen molar-refractivity contribution in [1.82, 2.24) is 15.1 Å². The van der Waals surface area contributed by atoms with Crippen LogP contribution in [0.5, 0.6) is 0 Å². The van der Waals surface area contributed by atoms with Gasteiger partial charge in [0.25, 0.3) is 0 Å². The summed E-state index contributed by atoms with van der Waals surface area (Å²) in [5.41, 5.74) is 1.44. The minimum absolute atomic E-state index is 0.134. The van der Waals surface area contributed by atoms with Crippen LogP contribution in [0.25, 0.3) is 0 Å². The fraction of sp³-hybridized carbons (Fsp3) is 0.400. The zero-order valence-corrected chi connectivity index (χ0v) is 14.4. The van der Waals surface area contributed by atoms with Crippen LogP contribution in [-0.4, -0.2) is 16.3 Å². The summed E-state index contributed by atoms with van der Waals surface area (Å²) < 4.78 is 17.1. The number of halogens is 3. The van der Waals surface area contributed by atoms with Crippen LogP contribution in [0.4, 0.5) is 4.39 Å². The van der Waals surface area contributed by atoms with Crippen LogP contribution in [0.1, 0.15) is 37.6 Å². The smallest absolute Gasteiger partial charge is 0.146 e. The topological polar surface area (TPSA) is 29.9 Å². The summed E-state index contributed by atoms with van der Waals surface area (Å²) in [6, 6.07) is 4.79. The molecular formula is C15H18BrClFN3. The SMILES string of the molecule is CCCNC(c1cccc(Cl)c1F)c1c(Br)cnn1CC. The summed E-state index contributed by atoms with van der Waals surface area (Å²) in [5, 5.41) is 7.83. The Kier molecular flexibility index (Phi) is 5.79. The van der Waals surface area contributed by atoms with Crippen molar-refractivity contribution in [2.24, 2.45) is 0 Å². The normalized spacial score (nSPS) is 12.6. The second-order valence-corrected chi connectivity index (χ2v) is 5.99. The molecule has 114 valence electrons. The van der Waals surface area contributed by atoms with Crippen molar-refractivity contribution >= 4 is 27.5 Å². The predicted octanol–water partition coefficient (Wildman–Crippen LogP) is 4.55. The summed E-state index contributed by atoms with van der Waals surface area (Å²) in [5.74, 6) is -0.386. The monoisotopic (exact) mass is 373 g/mol. The molecule has 0 saturated heterocycles. The highest BCUT2D eigenvalue weighted by Crippen LogP contribution is 2.32. The maximum absolute atomic E-state index is 14.4. The van der Waals surface area contributed by atoms with Crippen LogP contribution in [0.2, 0.25) is 5.02 Å². The number of nitrogens with zero attached hydrogens (tertiary/aromatic N) is 2. The van der Waals surface area contributed by atoms with Crippen molar-refractivity contribution in [3.05, 3.63) is 51.0 Å². The molecule has 0 aliphatic carbocycles. The fourth-order valence-electron chi connectivity index (χ4n) is 2.30. The maximum atomic E-state index is 14.4. The Balaban J connectivity index is 2.52. The molecule has 6 heteroatoms. The molecule has 21 heavy (non-hydrogen) atoms. The van der Waals surface area contributed by atoms with Gasteiger partial charge in [0, 0.05) is 12.1 Å². The van der Waals surface area contributed by atoms with Crippen molar-refractivity contribution in [1.29, 1.82) is 0 Å². The van der Waals surface area contributed by atoms with E-state index in [1.165, 1.54) is 0 Å². The molecule has 2 aromatic rings. The van der Waals surface area contributed by atoms with E-state index in [9.17, 15) is 4.39 Å². The van der Waals surface area contributed by atoms with Gasteiger partial charge in [-0.2, -0.15) is 5.10 Å². The van der Waals surface area contributed by atoms with E-state index in [0.717, 1.165) is 23.1 Å². The van der Waals surface area contributed by atoms with Gasteiger partial charge < -0.3 is 5.32 Å². The first kappa shape index (κ1) is 16.5. The number of benzene rings is 1. The number of rotatable bonds is 6. The standard InChI is InChI=1S/C15H18BrClFN3/c1-3-8-19-14(10-6-5-7-12(17)13(10)18)15-11(16)9-20-21(15)4-2/h5-7,9,14,19H,3-4,8H2,1-2H3. The molecule has 0 fully saturated rings. The first-order valence-electron chi connectivity index (χ1n) is 6.98. The largest absolute Gasteiger partial charge is 0.305 e. The van der Waals surface area contributed by atoms with E-state index in [0.29, 0.717) is 12.1 Å². The second-order valence-electron chi connectivity index (χ2n) is 4.72. The quantitative estimate of drug-likeness (QED) is 0.804. The molecule has 0 radical (unpaired) electrons. The second kappa shape index (κ2) is 7.38. The van der Waals surface area contributed by atoms with Gasteiger partial charge in [-0.05, 0) is 41.9 Å². The van der Waals surface area contributed by atoms with Gasteiger partial charge >= 0.3 is 0 Å². The van der Waals surface area contributed by atoms with E-state index in [1.807, 2.05) is 11.6 Å². The molecule has 1 N–H and O–H groups in total. The zero-order chi connectivity index (χ0) is 15.4. The fourth-order valence-corrected chi connectivity index (χ4v) is 3.00. The lowest BCUT2D eigenvalue weighted by Gasteiger charge is -2.21. The van der Waals surface area contributed by atoms with Crippen LogP contribution in [0.3, 0.4) is 0 Å². The molecule has 0 saturated carbocycles. The van der Waals surface area contributed by atoms with Gasteiger partial charge in [-0.3, -0.25) is 4.68 Å². The molecule has 1 atom stereocenters. The molecule has 0 bridgehead atoms. The Morgan fingerprint density at radius 3 is 2.86 bits per heavy atom. The van der Waals surface area contributed by atoms with Gasteiger partial charge in [0.15, 0.2) is 0 Å². The van der Waals surface area contributed by atoms with Crippen LogP contribution in [-0.2, 0) is 6.54 Å². The molecule has 1 unspecified atom stereocenters. The Morgan fingerprint density at radius 1 is 1.43 bits per heavy atom. The first-order chi connectivity index (χ1) is 10.1. The summed E-state index contributed by atoms with van der Waals surface area (Å²) in [4.78, 5) is 0. The Morgan fingerprint density at radius 2 is 2.19 bits per heavy atom. The molecule has 3 nitrogen and oxygen atoms in total. The molecule has 1 aromatic carbocycles. The number of nitrogens with one attached hydrogen (secondary N) is 1. The minimum Gasteiger partial charge on any atom is -0.305 e. The van der Waals surface area contributed by atoms with E-state index < -0.39 is 0 Å². The third kappa shape index (κ3) is 3.47. The van der Waals surface area contributed by atoms with Gasteiger partial charge in [0.2, 0.25) is 0 Å². The highest BCUT2D eigenvalue weighted by Gasteiger charge is 2.24. The lowest BCUT2D eigenvalue weighted by atomic mass is 10.0. The van der Waals surface area contributed by atoms with Crippen LogP contribution >= 0.6 is 27.5 Å². The predicted molar refractivity (Wildman–Crippen MR) is 87.1 cm³/mol. The summed E-state index contributed by atoms with van der Waals surface area (Å²) in [6.07, 6.45) is 2.69. The lowest BCUT2D eigenvalue weighted by molar-refractivity contribution is 0.504. The van der Waals surface area contributed by atoms with E-state index in [1.54, 1.807) is 24.4 Å². The zero-order valence-electron chi connectivity index (χ0n) is 12.0. The number of hydrogen-bond donors (Lipinski definition) is 1. The molecule has 0 aliphatic heterocycles. The number of aryl methyl sites for hydroxylation is 1. The molecule has 1 aromatic heterocycles. The van der Waals surface area contributed by atoms with E-state index >= 15 is 0 Å². The average molecular weight is 375 g/mol. The van der Waals surface area contributed by atoms with Crippen LogP contribution < -0.4 is 5.32 Å². The minimum atomic E-state index is -0.386. The van der Waals surface area contributed by atoms with Crippen molar-refractivity contribution in [2.45, 2.75) is 32.9 Å². The van der Waals surface area contributed by atoms with Gasteiger partial charge in [0.05, 0.1) is 27.4 Å². The van der Waals surface area contributed by atoms with Crippen molar-refractivity contribution in [3.8, 4) is 0 Å². The van der Waals surface area contributed by atoms with Crippen molar-refractivity contribution < 1.29 is 4.39 Å². The molecule has 0 amide bonds. The molecule has 0 spiro atoms. The lowest BCUT2D eigenvalue weighted by Crippen LogP contribution is -2.27. The first-order valence-corrected chi connectivity index (χ1v) is 8.15. The molecule has 1 heterocycles. The summed E-state index contributed by atoms with van der Waals surface area (Å²) >= 11 is 9.44. The van der Waals surface area contributed by atoms with Gasteiger partial charge in [-0.15, -0.1) is 0 Å². The van der Waals surface area contributed by atoms with Crippen molar-refractivity contribution in [3.63, 3.8) is 0 Å². The Labute approximate surface area is 137 Å². The van der Waals surface area contributed by atoms with Gasteiger partial charge in [-0.25, -0.2) is 4.39 Å². The van der Waals surface area contributed by atoms with E-state index in [-0.39, 0.29) is 16.9 Å². The number of aromatic nitrogens is 2. The third-order valence-electron chi connectivity index (χ3n) is 3.30. The van der Waals surface area contributed by atoms with Crippen molar-refractivity contribution in [2.75, 3.05) is 6.54 Å². The summed E-state index contributed by atoms with van der Waals surface area (Å²) in [7, 11) is 0. The van der Waals surface area contributed by atoms with Gasteiger partial charge in [0.1, 0.15) is 5.82 Å². The number of hydrogen-bond acceptors (Lipinski definition) is 2. The highest BCUT2D eigenvalue weighted by atomic mass is 79.9. The Bertz CT molecular complexity index is 615.